The van der Waals surface area contributed by atoms with E-state index in [1.807, 2.05) is 6.92 Å². The van der Waals surface area contributed by atoms with E-state index in [1.165, 1.54) is 18.0 Å². The molecule has 138 valence electrons. The van der Waals surface area contributed by atoms with Gasteiger partial charge in [0.05, 0.1) is 17.5 Å². The van der Waals surface area contributed by atoms with E-state index in [0.29, 0.717) is 28.0 Å². The summed E-state index contributed by atoms with van der Waals surface area (Å²) < 4.78 is 1.78. The zero-order valence-electron chi connectivity index (χ0n) is 15.0. The molecule has 8 heteroatoms. The van der Waals surface area contributed by atoms with E-state index in [2.05, 4.69) is 22.6 Å². The fourth-order valence-corrected chi connectivity index (χ4v) is 3.39. The summed E-state index contributed by atoms with van der Waals surface area (Å²) in [6.07, 6.45) is 5.79. The molecule has 0 bridgehead atoms. The second-order valence-electron chi connectivity index (χ2n) is 5.16. The number of alkyl halides is 1. The molecule has 0 aliphatic rings. The van der Waals surface area contributed by atoms with Crippen molar-refractivity contribution in [1.29, 1.82) is 5.41 Å². The van der Waals surface area contributed by atoms with Crippen LogP contribution in [-0.4, -0.2) is 26.9 Å². The fraction of sp³-hybridized carbons (Fsp3) is 0.278. The molecular weight excluding hydrogens is 370 g/mol. The quantitative estimate of drug-likeness (QED) is 0.305. The standard InChI is InChI=1S/C15H18ClN5OS.C3H4/c1-9-14(23-8-16)11(6-17)13(21(9)2)15(22)19-7-10-4-3-5-12(18)20-10;1-3-2/h3-6,17H,7-8H2,1-2H3,(H2,18,20)(H,19,22);1H,2H3. The molecule has 2 aromatic rings. The molecule has 1 amide bonds. The van der Waals surface area contributed by atoms with Crippen molar-refractivity contribution in [2.45, 2.75) is 25.3 Å². The molecule has 0 aliphatic carbocycles. The lowest BCUT2D eigenvalue weighted by Crippen LogP contribution is -2.26. The van der Waals surface area contributed by atoms with E-state index in [-0.39, 0.29) is 12.5 Å². The molecule has 0 aromatic carbocycles. The third-order valence-electron chi connectivity index (χ3n) is 3.48. The summed E-state index contributed by atoms with van der Waals surface area (Å²) >= 11 is 7.20. The number of nitrogens with two attached hydrogens (primary N) is 1. The number of hydrogen-bond acceptors (Lipinski definition) is 5. The van der Waals surface area contributed by atoms with Gasteiger partial charge in [0.15, 0.2) is 0 Å². The lowest BCUT2D eigenvalue weighted by molar-refractivity contribution is 0.0942. The molecule has 2 aromatic heterocycles. The molecule has 0 fully saturated rings. The maximum Gasteiger partial charge on any atom is 0.268 e. The molecule has 0 saturated carbocycles. The molecule has 2 rings (SSSR count). The van der Waals surface area contributed by atoms with Crippen LogP contribution in [0.3, 0.4) is 0 Å². The normalized spacial score (nSPS) is 9.65. The Bertz CT molecular complexity index is 826. The van der Waals surface area contributed by atoms with Crippen LogP contribution in [0.2, 0.25) is 0 Å². The van der Waals surface area contributed by atoms with Crippen molar-refractivity contribution < 1.29 is 4.79 Å². The van der Waals surface area contributed by atoms with E-state index in [1.54, 1.807) is 36.7 Å². The topological polar surface area (TPSA) is 96.8 Å². The monoisotopic (exact) mass is 391 g/mol. The minimum Gasteiger partial charge on any atom is -0.384 e. The first kappa shape index (κ1) is 21.6. The van der Waals surface area contributed by atoms with Crippen LogP contribution in [0, 0.1) is 24.7 Å². The Hall–Kier alpha value is -2.43. The minimum absolute atomic E-state index is 0.264. The van der Waals surface area contributed by atoms with Gasteiger partial charge in [0.25, 0.3) is 5.91 Å². The van der Waals surface area contributed by atoms with Gasteiger partial charge in [-0.25, -0.2) is 4.98 Å². The first-order chi connectivity index (χ1) is 12.4. The van der Waals surface area contributed by atoms with Crippen LogP contribution >= 0.6 is 23.4 Å². The van der Waals surface area contributed by atoms with Crippen LogP contribution in [-0.2, 0) is 13.6 Å². The van der Waals surface area contributed by atoms with Crippen molar-refractivity contribution in [3.63, 3.8) is 0 Å². The number of amides is 1. The number of nitrogens with one attached hydrogen (secondary N) is 2. The smallest absolute Gasteiger partial charge is 0.268 e. The maximum absolute atomic E-state index is 12.5. The number of hydrogen-bond donors (Lipinski definition) is 3. The maximum atomic E-state index is 12.5. The summed E-state index contributed by atoms with van der Waals surface area (Å²) in [6, 6.07) is 5.27. The number of halogens is 1. The second kappa shape index (κ2) is 10.5. The Morgan fingerprint density at radius 2 is 2.23 bits per heavy atom. The lowest BCUT2D eigenvalue weighted by Gasteiger charge is -2.08. The molecule has 4 N–H and O–H groups in total. The average Bonchev–Trinajstić information content (AvgIpc) is 2.85. The molecule has 0 aliphatic heterocycles. The highest BCUT2D eigenvalue weighted by Crippen LogP contribution is 2.30. The van der Waals surface area contributed by atoms with E-state index in [9.17, 15) is 4.79 Å². The highest BCUT2D eigenvalue weighted by molar-refractivity contribution is 8.00. The highest BCUT2D eigenvalue weighted by Gasteiger charge is 2.22. The van der Waals surface area contributed by atoms with Crippen LogP contribution in [0.25, 0.3) is 0 Å². The van der Waals surface area contributed by atoms with Gasteiger partial charge in [0.2, 0.25) is 0 Å². The second-order valence-corrected chi connectivity index (χ2v) is 6.73. The number of carbonyl (C=O) groups excluding carboxylic acids is 1. The van der Waals surface area contributed by atoms with Crippen LogP contribution in [0.4, 0.5) is 5.82 Å². The Morgan fingerprint density at radius 1 is 1.58 bits per heavy atom. The summed E-state index contributed by atoms with van der Waals surface area (Å²) in [5.74, 6) is 2.40. The molecule has 0 atom stereocenters. The van der Waals surface area contributed by atoms with Crippen LogP contribution in [0.1, 0.15) is 34.4 Å². The van der Waals surface area contributed by atoms with Crippen LogP contribution in [0.15, 0.2) is 23.1 Å². The third-order valence-corrected chi connectivity index (χ3v) is 4.72. The minimum atomic E-state index is -0.264. The highest BCUT2D eigenvalue weighted by atomic mass is 35.5. The SMILES string of the molecule is C#CC.Cc1c(SCCl)c(C=N)c(C(=O)NCc2cccc(N)n2)n1C. The van der Waals surface area contributed by atoms with Gasteiger partial charge in [-0.05, 0) is 26.0 Å². The largest absolute Gasteiger partial charge is 0.384 e. The molecule has 0 radical (unpaired) electrons. The summed E-state index contributed by atoms with van der Waals surface area (Å²) in [5.41, 5.74) is 8.23. The van der Waals surface area contributed by atoms with E-state index in [0.717, 1.165) is 10.6 Å². The van der Waals surface area contributed by atoms with Gasteiger partial charge in [-0.15, -0.1) is 35.7 Å². The number of nitrogen functional groups attached to an aromatic ring is 1. The number of anilines is 1. The third kappa shape index (κ3) is 5.28. The Kier molecular flexibility index (Phi) is 8.76. The van der Waals surface area contributed by atoms with Crippen molar-refractivity contribution in [3.05, 3.63) is 40.8 Å². The number of terminal acetylenes is 1. The van der Waals surface area contributed by atoms with Gasteiger partial charge >= 0.3 is 0 Å². The van der Waals surface area contributed by atoms with Crippen molar-refractivity contribution in [2.24, 2.45) is 7.05 Å². The Balaban J connectivity index is 0.00000105. The molecule has 0 saturated heterocycles. The summed E-state index contributed by atoms with van der Waals surface area (Å²) in [4.78, 5) is 17.5. The van der Waals surface area contributed by atoms with Gasteiger partial charge in [-0.1, -0.05) is 6.07 Å². The molecule has 0 unspecified atom stereocenters. The van der Waals surface area contributed by atoms with Gasteiger partial charge in [-0.3, -0.25) is 4.79 Å². The molecular formula is C18H22ClN5OS. The molecule has 6 nitrogen and oxygen atoms in total. The first-order valence-corrected chi connectivity index (χ1v) is 9.18. The van der Waals surface area contributed by atoms with Crippen LogP contribution < -0.4 is 11.1 Å². The van der Waals surface area contributed by atoms with E-state index < -0.39 is 0 Å². The average molecular weight is 392 g/mol. The summed E-state index contributed by atoms with van der Waals surface area (Å²) in [6.45, 7) is 3.82. The number of carbonyl (C=O) groups is 1. The van der Waals surface area contributed by atoms with Gasteiger partial charge in [0, 0.05) is 29.4 Å². The predicted octanol–water partition coefficient (Wildman–Crippen LogP) is 3.17. The van der Waals surface area contributed by atoms with Gasteiger partial charge in [-0.2, -0.15) is 0 Å². The van der Waals surface area contributed by atoms with E-state index >= 15 is 0 Å². The zero-order valence-corrected chi connectivity index (χ0v) is 16.5. The van der Waals surface area contributed by atoms with Crippen molar-refractivity contribution in [1.82, 2.24) is 14.9 Å². The number of nitrogens with zero attached hydrogens (tertiary/aromatic N) is 2. The number of rotatable bonds is 6. The molecule has 26 heavy (non-hydrogen) atoms. The van der Waals surface area contributed by atoms with Crippen LogP contribution in [0.5, 0.6) is 0 Å². The number of thioether (sulfide) groups is 1. The summed E-state index contributed by atoms with van der Waals surface area (Å²) in [5, 5.41) is 10.8. The number of aromatic nitrogens is 2. The zero-order chi connectivity index (χ0) is 19.7. The first-order valence-electron chi connectivity index (χ1n) is 7.66. The van der Waals surface area contributed by atoms with Crippen molar-refractivity contribution >= 4 is 41.3 Å². The molecule has 0 spiro atoms. The fourth-order valence-electron chi connectivity index (χ4n) is 2.30. The van der Waals surface area contributed by atoms with Gasteiger partial charge < -0.3 is 21.0 Å². The Morgan fingerprint density at radius 3 is 2.77 bits per heavy atom. The molecule has 2 heterocycles. The number of pyridine rings is 1. The van der Waals surface area contributed by atoms with Crippen molar-refractivity contribution in [2.75, 3.05) is 10.9 Å². The van der Waals surface area contributed by atoms with Crippen molar-refractivity contribution in [3.8, 4) is 12.3 Å². The lowest BCUT2D eigenvalue weighted by atomic mass is 10.2. The summed E-state index contributed by atoms with van der Waals surface area (Å²) in [7, 11) is 1.80. The predicted molar refractivity (Wildman–Crippen MR) is 109 cm³/mol. The van der Waals surface area contributed by atoms with Gasteiger partial charge in [0.1, 0.15) is 11.5 Å². The van der Waals surface area contributed by atoms with E-state index in [4.69, 9.17) is 22.7 Å². The Labute approximate surface area is 163 Å².